The maximum absolute atomic E-state index is 13.8. The van der Waals surface area contributed by atoms with Crippen molar-refractivity contribution in [1.82, 2.24) is 0 Å². The van der Waals surface area contributed by atoms with Crippen molar-refractivity contribution in [2.75, 3.05) is 11.9 Å². The minimum Gasteiger partial charge on any atom is -0.454 e. The van der Waals surface area contributed by atoms with E-state index in [1.54, 1.807) is 19.1 Å². The number of halogens is 1. The third kappa shape index (κ3) is 5.70. The van der Waals surface area contributed by atoms with Gasteiger partial charge in [0.25, 0.3) is 0 Å². The number of anilines is 1. The Labute approximate surface area is 127 Å². The molecule has 1 N–H and O–H groups in total. The summed E-state index contributed by atoms with van der Waals surface area (Å²) in [5.74, 6) is -2.50. The van der Waals surface area contributed by atoms with E-state index in [0.29, 0.717) is 0 Å². The zero-order valence-electron chi connectivity index (χ0n) is 12.3. The molecule has 116 valence electrons. The first-order valence-corrected chi connectivity index (χ1v) is 6.50. The van der Waals surface area contributed by atoms with Gasteiger partial charge in [0.05, 0.1) is 5.56 Å². The maximum Gasteiger partial charge on any atom is 0.331 e. The summed E-state index contributed by atoms with van der Waals surface area (Å²) in [6.07, 6.45) is 5.98. The van der Waals surface area contributed by atoms with Crippen LogP contribution in [-0.2, 0) is 14.3 Å². The monoisotopic (exact) mass is 305 g/mol. The fraction of sp³-hybridized carbons (Fsp3) is 0.188. The van der Waals surface area contributed by atoms with Gasteiger partial charge in [0.15, 0.2) is 6.61 Å². The van der Waals surface area contributed by atoms with Gasteiger partial charge in [-0.15, -0.1) is 0 Å². The summed E-state index contributed by atoms with van der Waals surface area (Å²) >= 11 is 0. The molecule has 0 aliphatic heterocycles. The second-order valence-electron chi connectivity index (χ2n) is 4.29. The third-order valence-corrected chi connectivity index (χ3v) is 2.47. The average molecular weight is 305 g/mol. The van der Waals surface area contributed by atoms with Gasteiger partial charge in [0, 0.05) is 18.7 Å². The number of carbonyl (C=O) groups excluding carboxylic acids is 3. The number of rotatable bonds is 6. The minimum absolute atomic E-state index is 0.209. The number of allylic oxidation sites excluding steroid dienone is 3. The van der Waals surface area contributed by atoms with Crippen molar-refractivity contribution in [3.05, 3.63) is 53.9 Å². The standard InChI is InChI=1S/C16H16FNO4/c1-3-4-5-6-16(21)22-10-15(20)13-8-7-12(9-14(13)17)18-11(2)19/h3-9H,10H2,1-2H3,(H,18,19)/b4-3+,6-5+. The van der Waals surface area contributed by atoms with E-state index in [0.717, 1.165) is 12.1 Å². The van der Waals surface area contributed by atoms with Crippen molar-refractivity contribution in [3.8, 4) is 0 Å². The van der Waals surface area contributed by atoms with E-state index >= 15 is 0 Å². The number of benzene rings is 1. The van der Waals surface area contributed by atoms with Crippen LogP contribution in [0.5, 0.6) is 0 Å². The molecular weight excluding hydrogens is 289 g/mol. The molecule has 1 aromatic carbocycles. The van der Waals surface area contributed by atoms with Crippen molar-refractivity contribution in [3.63, 3.8) is 0 Å². The van der Waals surface area contributed by atoms with Crippen molar-refractivity contribution in [1.29, 1.82) is 0 Å². The lowest BCUT2D eigenvalue weighted by Crippen LogP contribution is -2.14. The molecule has 0 radical (unpaired) electrons. The predicted molar refractivity (Wildman–Crippen MR) is 79.9 cm³/mol. The van der Waals surface area contributed by atoms with Crippen LogP contribution in [0, 0.1) is 5.82 Å². The third-order valence-electron chi connectivity index (χ3n) is 2.47. The Morgan fingerprint density at radius 1 is 1.27 bits per heavy atom. The van der Waals surface area contributed by atoms with E-state index in [2.05, 4.69) is 5.32 Å². The van der Waals surface area contributed by atoms with E-state index in [1.165, 1.54) is 25.1 Å². The summed E-state index contributed by atoms with van der Waals surface area (Å²) in [4.78, 5) is 33.9. The van der Waals surface area contributed by atoms with Crippen LogP contribution in [0.15, 0.2) is 42.5 Å². The number of nitrogens with one attached hydrogen (secondary N) is 1. The summed E-state index contributed by atoms with van der Waals surface area (Å²) in [6, 6.07) is 3.65. The highest BCUT2D eigenvalue weighted by Crippen LogP contribution is 2.15. The van der Waals surface area contributed by atoms with Crippen molar-refractivity contribution >= 4 is 23.3 Å². The van der Waals surface area contributed by atoms with Crippen molar-refractivity contribution in [2.45, 2.75) is 13.8 Å². The largest absolute Gasteiger partial charge is 0.454 e. The van der Waals surface area contributed by atoms with Crippen LogP contribution in [-0.4, -0.2) is 24.3 Å². The number of Topliss-reactive ketones (excluding diaryl/α,β-unsaturated/α-hetero) is 1. The molecule has 0 unspecified atom stereocenters. The van der Waals surface area contributed by atoms with Gasteiger partial charge in [0.1, 0.15) is 5.82 Å². The second-order valence-corrected chi connectivity index (χ2v) is 4.29. The van der Waals surface area contributed by atoms with Crippen LogP contribution in [0.2, 0.25) is 0 Å². The van der Waals surface area contributed by atoms with Gasteiger partial charge in [0.2, 0.25) is 11.7 Å². The molecule has 0 saturated carbocycles. The van der Waals surface area contributed by atoms with E-state index in [-0.39, 0.29) is 17.2 Å². The first kappa shape index (κ1) is 17.3. The Hall–Kier alpha value is -2.76. The van der Waals surface area contributed by atoms with E-state index in [4.69, 9.17) is 4.74 Å². The maximum atomic E-state index is 13.8. The minimum atomic E-state index is -0.795. The Morgan fingerprint density at radius 2 is 2.00 bits per heavy atom. The lowest BCUT2D eigenvalue weighted by molar-refractivity contribution is -0.136. The Balaban J connectivity index is 2.66. The molecule has 0 saturated heterocycles. The summed E-state index contributed by atoms with van der Waals surface area (Å²) < 4.78 is 18.5. The molecule has 0 bridgehead atoms. The van der Waals surface area contributed by atoms with Crippen LogP contribution in [0.1, 0.15) is 24.2 Å². The summed E-state index contributed by atoms with van der Waals surface area (Å²) in [7, 11) is 0. The SMILES string of the molecule is C/C=C/C=C/C(=O)OCC(=O)c1ccc(NC(C)=O)cc1F. The summed E-state index contributed by atoms with van der Waals surface area (Å²) in [5.41, 5.74) is 0.0344. The fourth-order valence-corrected chi connectivity index (χ4v) is 1.53. The second kappa shape index (κ2) is 8.51. The van der Waals surface area contributed by atoms with Gasteiger partial charge < -0.3 is 10.1 Å². The van der Waals surface area contributed by atoms with Gasteiger partial charge >= 0.3 is 5.97 Å². The molecule has 0 aliphatic rings. The lowest BCUT2D eigenvalue weighted by atomic mass is 10.1. The number of ether oxygens (including phenoxy) is 1. The normalized spacial score (nSPS) is 10.9. The van der Waals surface area contributed by atoms with E-state index < -0.39 is 24.2 Å². The molecule has 22 heavy (non-hydrogen) atoms. The number of ketones is 1. The van der Waals surface area contributed by atoms with Crippen molar-refractivity contribution < 1.29 is 23.5 Å². The number of amides is 1. The fourth-order valence-electron chi connectivity index (χ4n) is 1.53. The van der Waals surface area contributed by atoms with Gasteiger partial charge in [-0.1, -0.05) is 18.2 Å². The summed E-state index contributed by atoms with van der Waals surface area (Å²) in [6.45, 7) is 2.51. The Bertz CT molecular complexity index is 635. The van der Waals surface area contributed by atoms with Crippen LogP contribution in [0.3, 0.4) is 0 Å². The van der Waals surface area contributed by atoms with Gasteiger partial charge in [-0.25, -0.2) is 9.18 Å². The molecule has 0 heterocycles. The average Bonchev–Trinajstić information content (AvgIpc) is 2.44. The van der Waals surface area contributed by atoms with Crippen LogP contribution < -0.4 is 5.32 Å². The Morgan fingerprint density at radius 3 is 2.59 bits per heavy atom. The summed E-state index contributed by atoms with van der Waals surface area (Å²) in [5, 5.41) is 2.40. The first-order valence-electron chi connectivity index (χ1n) is 6.50. The number of hydrogen-bond donors (Lipinski definition) is 1. The molecule has 0 atom stereocenters. The number of carbonyl (C=O) groups is 3. The van der Waals surface area contributed by atoms with Gasteiger partial charge in [-0.2, -0.15) is 0 Å². The lowest BCUT2D eigenvalue weighted by Gasteiger charge is -2.06. The molecule has 5 nitrogen and oxygen atoms in total. The smallest absolute Gasteiger partial charge is 0.331 e. The van der Waals surface area contributed by atoms with Crippen LogP contribution in [0.25, 0.3) is 0 Å². The zero-order chi connectivity index (χ0) is 16.5. The van der Waals surface area contributed by atoms with Crippen molar-refractivity contribution in [2.24, 2.45) is 0 Å². The molecular formula is C16H16FNO4. The van der Waals surface area contributed by atoms with Crippen LogP contribution >= 0.6 is 0 Å². The van der Waals surface area contributed by atoms with Gasteiger partial charge in [-0.05, 0) is 25.1 Å². The highest BCUT2D eigenvalue weighted by atomic mass is 19.1. The number of hydrogen-bond acceptors (Lipinski definition) is 4. The molecule has 0 spiro atoms. The molecule has 1 aromatic rings. The number of esters is 1. The topological polar surface area (TPSA) is 72.5 Å². The van der Waals surface area contributed by atoms with E-state index in [1.807, 2.05) is 0 Å². The molecule has 6 heteroatoms. The first-order chi connectivity index (χ1) is 10.4. The zero-order valence-corrected chi connectivity index (χ0v) is 12.3. The van der Waals surface area contributed by atoms with E-state index in [9.17, 15) is 18.8 Å². The Kier molecular flexibility index (Phi) is 6.69. The highest BCUT2D eigenvalue weighted by Gasteiger charge is 2.14. The molecule has 1 amide bonds. The molecule has 0 fully saturated rings. The quantitative estimate of drug-likeness (QED) is 0.379. The predicted octanol–water partition coefficient (Wildman–Crippen LogP) is 2.64. The molecule has 1 rings (SSSR count). The molecule has 0 aromatic heterocycles. The van der Waals surface area contributed by atoms with Gasteiger partial charge in [-0.3, -0.25) is 9.59 Å². The van der Waals surface area contributed by atoms with Crippen LogP contribution in [0.4, 0.5) is 10.1 Å². The molecule has 0 aliphatic carbocycles. The highest BCUT2D eigenvalue weighted by molar-refractivity contribution is 5.99.